The van der Waals surface area contributed by atoms with Gasteiger partial charge in [-0.2, -0.15) is 13.2 Å². The lowest BCUT2D eigenvalue weighted by atomic mass is 9.87. The molecule has 2 aromatic rings. The summed E-state index contributed by atoms with van der Waals surface area (Å²) in [5, 5.41) is 19.7. The van der Waals surface area contributed by atoms with Gasteiger partial charge in [0.25, 0.3) is 0 Å². The number of amides is 1. The predicted octanol–water partition coefficient (Wildman–Crippen LogP) is 3.39. The van der Waals surface area contributed by atoms with Crippen LogP contribution in [0.1, 0.15) is 43.5 Å². The van der Waals surface area contributed by atoms with Crippen LogP contribution < -0.4 is 10.1 Å². The monoisotopic (exact) mass is 485 g/mol. The van der Waals surface area contributed by atoms with Crippen molar-refractivity contribution in [1.82, 2.24) is 25.3 Å². The number of nitrogens with zero attached hydrogens (tertiary/aromatic N) is 4. The van der Waals surface area contributed by atoms with Crippen LogP contribution in [0, 0.1) is 12.8 Å². The minimum Gasteiger partial charge on any atom is -0.489 e. The van der Waals surface area contributed by atoms with E-state index in [0.717, 1.165) is 12.8 Å². The summed E-state index contributed by atoms with van der Waals surface area (Å²) in [6.45, 7) is 0.895. The van der Waals surface area contributed by atoms with Gasteiger partial charge in [0.1, 0.15) is 18.1 Å². The van der Waals surface area contributed by atoms with E-state index in [0.29, 0.717) is 41.4 Å². The highest BCUT2D eigenvalue weighted by molar-refractivity contribution is 5.70. The molecule has 2 heterocycles. The maximum absolute atomic E-state index is 12.2. The molecule has 0 unspecified atom stereocenters. The van der Waals surface area contributed by atoms with E-state index in [9.17, 15) is 27.9 Å². The second kappa shape index (κ2) is 10.7. The minimum absolute atomic E-state index is 0.0820. The number of alkyl carbamates (subject to hydrolysis) is 1. The van der Waals surface area contributed by atoms with Crippen molar-refractivity contribution in [3.8, 4) is 17.1 Å². The van der Waals surface area contributed by atoms with Crippen LogP contribution in [0.15, 0.2) is 12.1 Å². The van der Waals surface area contributed by atoms with Gasteiger partial charge in [0.05, 0.1) is 42.1 Å². The molecule has 0 radical (unpaired) electrons. The number of rotatable bonds is 8. The van der Waals surface area contributed by atoms with Gasteiger partial charge in [-0.25, -0.2) is 14.5 Å². The lowest BCUT2D eigenvalue weighted by Crippen LogP contribution is -2.29. The molecule has 0 spiro atoms. The zero-order valence-electron chi connectivity index (χ0n) is 18.8. The first kappa shape index (κ1) is 25.2. The fraction of sp³-hybridized carbons (Fsp3) is 0.571. The van der Waals surface area contributed by atoms with E-state index in [1.807, 2.05) is 0 Å². The molecule has 0 bridgehead atoms. The number of ether oxygens (including phenoxy) is 2. The average molecular weight is 485 g/mol. The van der Waals surface area contributed by atoms with Crippen molar-refractivity contribution < 1.29 is 37.3 Å². The summed E-state index contributed by atoms with van der Waals surface area (Å²) in [6.07, 6.45) is -4.20. The van der Waals surface area contributed by atoms with Crippen LogP contribution in [0.4, 0.5) is 18.0 Å². The quantitative estimate of drug-likeness (QED) is 0.582. The Morgan fingerprint density at radius 3 is 2.74 bits per heavy atom. The number of carboxylic acid groups (broad SMARTS) is 1. The fourth-order valence-electron chi connectivity index (χ4n) is 3.70. The molecule has 3 rings (SSSR count). The Morgan fingerprint density at radius 1 is 1.29 bits per heavy atom. The van der Waals surface area contributed by atoms with E-state index in [2.05, 4.69) is 25.3 Å². The third-order valence-corrected chi connectivity index (χ3v) is 5.51. The van der Waals surface area contributed by atoms with Crippen molar-refractivity contribution >= 4 is 12.1 Å². The van der Waals surface area contributed by atoms with Crippen LogP contribution in [0.5, 0.6) is 5.75 Å². The first-order valence-electron chi connectivity index (χ1n) is 10.8. The third-order valence-electron chi connectivity index (χ3n) is 5.51. The standard InChI is InChI=1S/C21H26F3N5O5/c1-12-17(34-14-5-3-4-13(10-14)19(30)31)7-6-15(26-12)18-16(29(2)28-27-18)11-25-20(32)33-9-8-21(22,23)24/h6-7,13-14H,3-5,8-11H2,1-2H3,(H,25,32)(H,30,31)/t13-,14-/m0/s1. The normalized spacial score (nSPS) is 18.4. The van der Waals surface area contributed by atoms with Crippen LogP contribution in [-0.2, 0) is 23.1 Å². The lowest BCUT2D eigenvalue weighted by Gasteiger charge is -2.27. The minimum atomic E-state index is -4.41. The highest BCUT2D eigenvalue weighted by atomic mass is 19.4. The van der Waals surface area contributed by atoms with Crippen molar-refractivity contribution in [2.24, 2.45) is 13.0 Å². The first-order chi connectivity index (χ1) is 16.0. The maximum atomic E-state index is 12.2. The van der Waals surface area contributed by atoms with Gasteiger partial charge in [-0.05, 0) is 44.7 Å². The molecule has 1 amide bonds. The largest absolute Gasteiger partial charge is 0.489 e. The summed E-state index contributed by atoms with van der Waals surface area (Å²) < 4.78 is 48.5. The molecule has 13 heteroatoms. The van der Waals surface area contributed by atoms with Crippen molar-refractivity contribution in [2.75, 3.05) is 6.61 Å². The first-order valence-corrected chi connectivity index (χ1v) is 10.8. The van der Waals surface area contributed by atoms with Crippen LogP contribution >= 0.6 is 0 Å². The average Bonchev–Trinajstić information content (AvgIpc) is 3.13. The van der Waals surface area contributed by atoms with E-state index in [-0.39, 0.29) is 12.6 Å². The number of nitrogens with one attached hydrogen (secondary N) is 1. The number of pyridine rings is 1. The number of halogens is 3. The van der Waals surface area contributed by atoms with E-state index in [1.54, 1.807) is 26.1 Å². The van der Waals surface area contributed by atoms with Crippen LogP contribution in [-0.4, -0.2) is 56.0 Å². The number of carboxylic acids is 1. The van der Waals surface area contributed by atoms with Crippen LogP contribution in [0.3, 0.4) is 0 Å². The summed E-state index contributed by atoms with van der Waals surface area (Å²) in [4.78, 5) is 27.5. The second-order valence-corrected chi connectivity index (χ2v) is 8.08. The zero-order valence-corrected chi connectivity index (χ0v) is 18.8. The summed E-state index contributed by atoms with van der Waals surface area (Å²) in [5.74, 6) is -0.691. The smallest absolute Gasteiger partial charge is 0.407 e. The maximum Gasteiger partial charge on any atom is 0.407 e. The molecular formula is C21H26F3N5O5. The Hall–Kier alpha value is -3.38. The number of hydrogen-bond donors (Lipinski definition) is 2. The molecule has 2 N–H and O–H groups in total. The van der Waals surface area contributed by atoms with Gasteiger partial charge in [-0.15, -0.1) is 5.10 Å². The van der Waals surface area contributed by atoms with Gasteiger partial charge in [0.15, 0.2) is 0 Å². The van der Waals surface area contributed by atoms with Crippen molar-refractivity contribution in [3.63, 3.8) is 0 Å². The highest BCUT2D eigenvalue weighted by Gasteiger charge is 2.29. The number of aromatic nitrogens is 4. The van der Waals surface area contributed by atoms with E-state index in [4.69, 9.17) is 4.74 Å². The summed E-state index contributed by atoms with van der Waals surface area (Å²) >= 11 is 0. The molecular weight excluding hydrogens is 459 g/mol. The molecule has 1 aliphatic rings. The Morgan fingerprint density at radius 2 is 2.06 bits per heavy atom. The molecule has 186 valence electrons. The molecule has 0 aromatic carbocycles. The summed E-state index contributed by atoms with van der Waals surface area (Å²) in [5.41, 5.74) is 1.90. The Labute approximate surface area is 193 Å². The molecule has 0 aliphatic heterocycles. The molecule has 1 saturated carbocycles. The van der Waals surface area contributed by atoms with Gasteiger partial charge in [-0.3, -0.25) is 4.79 Å². The SMILES string of the molecule is Cc1nc(-c2nnn(C)c2CNC(=O)OCCC(F)(F)F)ccc1O[C@H]1CCC[C@H](C(=O)O)C1. The van der Waals surface area contributed by atoms with Gasteiger partial charge in [-0.1, -0.05) is 5.21 Å². The lowest BCUT2D eigenvalue weighted by molar-refractivity contribution is -0.144. The van der Waals surface area contributed by atoms with Crippen molar-refractivity contribution in [2.45, 2.75) is 57.9 Å². The van der Waals surface area contributed by atoms with Crippen LogP contribution in [0.2, 0.25) is 0 Å². The Bertz CT molecular complexity index is 1030. The van der Waals surface area contributed by atoms with E-state index < -0.39 is 37.2 Å². The Balaban J connectivity index is 1.64. The van der Waals surface area contributed by atoms with Crippen molar-refractivity contribution in [1.29, 1.82) is 0 Å². The molecule has 2 atom stereocenters. The molecule has 10 nitrogen and oxygen atoms in total. The molecule has 2 aromatic heterocycles. The molecule has 1 aliphatic carbocycles. The van der Waals surface area contributed by atoms with Gasteiger partial charge < -0.3 is 19.9 Å². The number of hydrogen-bond acceptors (Lipinski definition) is 7. The topological polar surface area (TPSA) is 128 Å². The fourth-order valence-corrected chi connectivity index (χ4v) is 3.70. The third kappa shape index (κ3) is 6.81. The molecule has 0 saturated heterocycles. The van der Waals surface area contributed by atoms with Crippen LogP contribution in [0.25, 0.3) is 11.4 Å². The second-order valence-electron chi connectivity index (χ2n) is 8.08. The van der Waals surface area contributed by atoms with Gasteiger partial charge >= 0.3 is 18.2 Å². The number of aliphatic carboxylic acids is 1. The zero-order chi connectivity index (χ0) is 24.9. The molecule has 34 heavy (non-hydrogen) atoms. The summed E-state index contributed by atoms with van der Waals surface area (Å²) in [6, 6.07) is 3.40. The van der Waals surface area contributed by atoms with E-state index in [1.165, 1.54) is 4.68 Å². The van der Waals surface area contributed by atoms with Gasteiger partial charge in [0, 0.05) is 7.05 Å². The predicted molar refractivity (Wildman–Crippen MR) is 112 cm³/mol. The number of alkyl halides is 3. The summed E-state index contributed by atoms with van der Waals surface area (Å²) in [7, 11) is 1.61. The highest BCUT2D eigenvalue weighted by Crippen LogP contribution is 2.30. The molecule has 1 fully saturated rings. The number of carbonyl (C=O) groups is 2. The van der Waals surface area contributed by atoms with Gasteiger partial charge in [0.2, 0.25) is 0 Å². The Kier molecular flexibility index (Phi) is 7.94. The number of carbonyl (C=O) groups excluding carboxylic acids is 1. The number of aryl methyl sites for hydroxylation is 2. The van der Waals surface area contributed by atoms with Crippen molar-refractivity contribution in [3.05, 3.63) is 23.5 Å². The van der Waals surface area contributed by atoms with E-state index >= 15 is 0 Å².